The van der Waals surface area contributed by atoms with Crippen LogP contribution in [0.3, 0.4) is 0 Å². The highest BCUT2D eigenvalue weighted by Crippen LogP contribution is 2.26. The Bertz CT molecular complexity index is 862. The van der Waals surface area contributed by atoms with E-state index in [0.29, 0.717) is 12.1 Å². The Morgan fingerprint density at radius 1 is 1.08 bits per heavy atom. The average Bonchev–Trinajstić information content (AvgIpc) is 3.11. The molecule has 3 aromatic rings. The number of para-hydroxylation sites is 1. The molecule has 1 N–H and O–H groups in total. The van der Waals surface area contributed by atoms with Gasteiger partial charge >= 0.3 is 0 Å². The van der Waals surface area contributed by atoms with Crippen LogP contribution in [0.2, 0.25) is 0 Å². The molecule has 3 heterocycles. The summed E-state index contributed by atoms with van der Waals surface area (Å²) >= 11 is 0. The topological polar surface area (TPSA) is 53.9 Å². The molecule has 25 heavy (non-hydrogen) atoms. The lowest BCUT2D eigenvalue weighted by Crippen LogP contribution is -2.31. The van der Waals surface area contributed by atoms with Gasteiger partial charge in [-0.2, -0.15) is 0 Å². The summed E-state index contributed by atoms with van der Waals surface area (Å²) in [5.74, 6) is 1.66. The monoisotopic (exact) mass is 333 g/mol. The smallest absolute Gasteiger partial charge is 0.162 e. The number of hydrogen-bond acceptors (Lipinski definition) is 5. The first-order valence-electron chi connectivity index (χ1n) is 8.88. The predicted octanol–water partition coefficient (Wildman–Crippen LogP) is 3.59. The van der Waals surface area contributed by atoms with Crippen LogP contribution in [0.5, 0.6) is 0 Å². The van der Waals surface area contributed by atoms with Gasteiger partial charge < -0.3 is 5.32 Å². The van der Waals surface area contributed by atoms with Crippen LogP contribution < -0.4 is 5.32 Å². The molecule has 1 saturated heterocycles. The normalized spacial score (nSPS) is 18.1. The molecule has 4 rings (SSSR count). The second kappa shape index (κ2) is 6.76. The van der Waals surface area contributed by atoms with Crippen LogP contribution in [0.25, 0.3) is 22.3 Å². The van der Waals surface area contributed by atoms with Crippen molar-refractivity contribution < 1.29 is 0 Å². The summed E-state index contributed by atoms with van der Waals surface area (Å²) in [6, 6.07) is 13.1. The van der Waals surface area contributed by atoms with E-state index in [1.807, 2.05) is 30.3 Å². The maximum Gasteiger partial charge on any atom is 0.162 e. The van der Waals surface area contributed by atoms with Crippen molar-refractivity contribution in [2.24, 2.45) is 0 Å². The van der Waals surface area contributed by atoms with Crippen LogP contribution in [0.4, 0.5) is 5.82 Å². The highest BCUT2D eigenvalue weighted by atomic mass is 15.2. The molecule has 0 bridgehead atoms. The summed E-state index contributed by atoms with van der Waals surface area (Å²) < 4.78 is 0. The van der Waals surface area contributed by atoms with Crippen LogP contribution in [-0.2, 0) is 0 Å². The molecule has 1 aliphatic heterocycles. The number of pyridine rings is 1. The Morgan fingerprint density at radius 3 is 2.64 bits per heavy atom. The van der Waals surface area contributed by atoms with Crippen LogP contribution in [-0.4, -0.2) is 45.0 Å². The minimum absolute atomic E-state index is 0.422. The van der Waals surface area contributed by atoms with E-state index in [4.69, 9.17) is 9.97 Å². The third kappa shape index (κ3) is 3.33. The summed E-state index contributed by atoms with van der Waals surface area (Å²) in [7, 11) is 0. The van der Waals surface area contributed by atoms with Crippen molar-refractivity contribution in [3.05, 3.63) is 48.8 Å². The van der Waals surface area contributed by atoms with Crippen LogP contribution in [0.15, 0.2) is 48.8 Å². The van der Waals surface area contributed by atoms with Crippen molar-refractivity contribution in [3.8, 4) is 11.4 Å². The van der Waals surface area contributed by atoms with Gasteiger partial charge in [0.25, 0.3) is 0 Å². The van der Waals surface area contributed by atoms with E-state index in [0.717, 1.165) is 47.6 Å². The molecule has 1 atom stereocenters. The van der Waals surface area contributed by atoms with Crippen molar-refractivity contribution in [3.63, 3.8) is 0 Å². The molecule has 2 aromatic heterocycles. The maximum absolute atomic E-state index is 4.84. The Labute approximate surface area is 148 Å². The van der Waals surface area contributed by atoms with Crippen LogP contribution in [0, 0.1) is 0 Å². The van der Waals surface area contributed by atoms with Gasteiger partial charge in [-0.3, -0.25) is 9.88 Å². The molecule has 1 aromatic carbocycles. The Balaban J connectivity index is 1.70. The van der Waals surface area contributed by atoms with Crippen molar-refractivity contribution in [1.29, 1.82) is 0 Å². The largest absolute Gasteiger partial charge is 0.365 e. The lowest BCUT2D eigenvalue weighted by molar-refractivity contribution is 0.274. The van der Waals surface area contributed by atoms with Crippen molar-refractivity contribution in [1.82, 2.24) is 19.9 Å². The number of benzene rings is 1. The SMILES string of the molecule is CC(C)N1CC[C@H](Nc2nc(-c3ccncc3)nc3ccccc23)C1. The molecule has 1 aliphatic rings. The Morgan fingerprint density at radius 2 is 1.88 bits per heavy atom. The highest BCUT2D eigenvalue weighted by molar-refractivity contribution is 5.90. The summed E-state index contributed by atoms with van der Waals surface area (Å²) in [6.07, 6.45) is 4.69. The minimum Gasteiger partial charge on any atom is -0.365 e. The first-order valence-corrected chi connectivity index (χ1v) is 8.88. The van der Waals surface area contributed by atoms with Crippen molar-refractivity contribution in [2.45, 2.75) is 32.4 Å². The fraction of sp³-hybridized carbons (Fsp3) is 0.350. The third-order valence-corrected chi connectivity index (χ3v) is 4.83. The molecule has 5 nitrogen and oxygen atoms in total. The van der Waals surface area contributed by atoms with E-state index in [1.54, 1.807) is 12.4 Å². The first-order chi connectivity index (χ1) is 12.2. The average molecular weight is 333 g/mol. The van der Waals surface area contributed by atoms with Gasteiger partial charge in [0.2, 0.25) is 0 Å². The Hall–Kier alpha value is -2.53. The predicted molar refractivity (Wildman–Crippen MR) is 102 cm³/mol. The van der Waals surface area contributed by atoms with E-state index in [9.17, 15) is 0 Å². The molecule has 0 spiro atoms. The summed E-state index contributed by atoms with van der Waals surface area (Å²) in [4.78, 5) is 16.2. The van der Waals surface area contributed by atoms with Crippen molar-refractivity contribution >= 4 is 16.7 Å². The van der Waals surface area contributed by atoms with E-state index >= 15 is 0 Å². The highest BCUT2D eigenvalue weighted by Gasteiger charge is 2.25. The Kier molecular flexibility index (Phi) is 4.32. The van der Waals surface area contributed by atoms with Gasteiger partial charge in [0.05, 0.1) is 5.52 Å². The number of nitrogens with one attached hydrogen (secondary N) is 1. The number of likely N-dealkylation sites (tertiary alicyclic amines) is 1. The molecule has 0 unspecified atom stereocenters. The first kappa shape index (κ1) is 16.0. The maximum atomic E-state index is 4.84. The lowest BCUT2D eigenvalue weighted by atomic mass is 10.2. The van der Waals surface area contributed by atoms with Gasteiger partial charge in [-0.15, -0.1) is 0 Å². The second-order valence-electron chi connectivity index (χ2n) is 6.87. The van der Waals surface area contributed by atoms with Crippen LogP contribution in [0.1, 0.15) is 20.3 Å². The number of rotatable bonds is 4. The fourth-order valence-corrected chi connectivity index (χ4v) is 3.38. The molecule has 0 radical (unpaired) electrons. The van der Waals surface area contributed by atoms with E-state index in [-0.39, 0.29) is 0 Å². The van der Waals surface area contributed by atoms with Gasteiger partial charge in [0, 0.05) is 48.5 Å². The zero-order chi connectivity index (χ0) is 17.2. The lowest BCUT2D eigenvalue weighted by Gasteiger charge is -2.21. The van der Waals surface area contributed by atoms with E-state index in [2.05, 4.69) is 35.1 Å². The van der Waals surface area contributed by atoms with Gasteiger partial charge in [0.15, 0.2) is 5.82 Å². The van der Waals surface area contributed by atoms with Gasteiger partial charge in [0.1, 0.15) is 5.82 Å². The number of hydrogen-bond donors (Lipinski definition) is 1. The van der Waals surface area contributed by atoms with Gasteiger partial charge in [-0.05, 0) is 44.5 Å². The molecule has 5 heteroatoms. The number of fused-ring (bicyclic) bond motifs is 1. The quantitative estimate of drug-likeness (QED) is 0.791. The minimum atomic E-state index is 0.422. The molecular weight excluding hydrogens is 310 g/mol. The molecular formula is C20H23N5. The molecule has 0 amide bonds. The van der Waals surface area contributed by atoms with E-state index < -0.39 is 0 Å². The summed E-state index contributed by atoms with van der Waals surface area (Å²) in [5.41, 5.74) is 1.95. The summed E-state index contributed by atoms with van der Waals surface area (Å²) in [6.45, 7) is 6.70. The van der Waals surface area contributed by atoms with Gasteiger partial charge in [-0.1, -0.05) is 12.1 Å². The standard InChI is InChI=1S/C20H23N5/c1-14(2)25-12-9-16(13-25)22-20-17-5-3-4-6-18(17)23-19(24-20)15-7-10-21-11-8-15/h3-8,10-11,14,16H,9,12-13H2,1-2H3,(H,22,23,24)/t16-/m0/s1. The second-order valence-corrected chi connectivity index (χ2v) is 6.87. The van der Waals surface area contributed by atoms with Crippen molar-refractivity contribution in [2.75, 3.05) is 18.4 Å². The number of anilines is 1. The van der Waals surface area contributed by atoms with Crippen LogP contribution >= 0.6 is 0 Å². The fourth-order valence-electron chi connectivity index (χ4n) is 3.38. The van der Waals surface area contributed by atoms with Gasteiger partial charge in [-0.25, -0.2) is 9.97 Å². The molecule has 0 saturated carbocycles. The van der Waals surface area contributed by atoms with E-state index in [1.165, 1.54) is 0 Å². The third-order valence-electron chi connectivity index (χ3n) is 4.83. The zero-order valence-corrected chi connectivity index (χ0v) is 14.7. The zero-order valence-electron chi connectivity index (χ0n) is 14.7. The molecule has 128 valence electrons. The number of nitrogens with zero attached hydrogens (tertiary/aromatic N) is 4. The number of aromatic nitrogens is 3. The molecule has 0 aliphatic carbocycles. The molecule has 1 fully saturated rings. The summed E-state index contributed by atoms with van der Waals surface area (Å²) in [5, 5.41) is 4.74.